The highest BCUT2D eigenvalue weighted by molar-refractivity contribution is 5.94. The van der Waals surface area contributed by atoms with Crippen LogP contribution in [0.3, 0.4) is 0 Å². The molecule has 0 heterocycles. The highest BCUT2D eigenvalue weighted by atomic mass is 16.5. The van der Waals surface area contributed by atoms with Crippen molar-refractivity contribution in [1.29, 1.82) is 0 Å². The summed E-state index contributed by atoms with van der Waals surface area (Å²) in [4.78, 5) is 12.5. The van der Waals surface area contributed by atoms with Crippen LogP contribution in [0.2, 0.25) is 0 Å². The van der Waals surface area contributed by atoms with Gasteiger partial charge in [0.15, 0.2) is 0 Å². The molecule has 0 radical (unpaired) electrons. The second-order valence-corrected chi connectivity index (χ2v) is 5.80. The van der Waals surface area contributed by atoms with Gasteiger partial charge in [-0.25, -0.2) is 0 Å². The molecule has 2 aromatic carbocycles. The Hall–Kier alpha value is -2.29. The first-order valence-electron chi connectivity index (χ1n) is 7.60. The molecular weight excluding hydrogens is 274 g/mol. The first-order chi connectivity index (χ1) is 10.6. The fourth-order valence-electron chi connectivity index (χ4n) is 2.44. The molecule has 0 aromatic heterocycles. The molecule has 0 saturated heterocycles. The van der Waals surface area contributed by atoms with Crippen molar-refractivity contribution in [3.63, 3.8) is 0 Å². The maximum Gasteiger partial charge on any atom is 0.251 e. The zero-order valence-electron chi connectivity index (χ0n) is 13.4. The molecule has 0 bridgehead atoms. The highest BCUT2D eigenvalue weighted by Gasteiger charge is 2.17. The first kappa shape index (κ1) is 16.1. The van der Waals surface area contributed by atoms with Crippen molar-refractivity contribution in [3.05, 3.63) is 65.7 Å². The van der Waals surface area contributed by atoms with Crippen LogP contribution in [0.25, 0.3) is 0 Å². The normalized spacial score (nSPS) is 12.0. The van der Waals surface area contributed by atoms with Gasteiger partial charge in [0.25, 0.3) is 5.91 Å². The van der Waals surface area contributed by atoms with E-state index in [9.17, 15) is 4.79 Å². The molecule has 0 saturated carbocycles. The van der Waals surface area contributed by atoms with E-state index in [4.69, 9.17) is 4.74 Å². The number of carbonyl (C=O) groups is 1. The number of benzene rings is 2. The molecular formula is C19H23NO2. The Morgan fingerprint density at radius 3 is 2.45 bits per heavy atom. The Morgan fingerprint density at radius 2 is 1.82 bits per heavy atom. The Labute approximate surface area is 132 Å². The van der Waals surface area contributed by atoms with Crippen LogP contribution in [0, 0.1) is 5.92 Å². The SMILES string of the molecule is COc1cccc(C(=O)NC(CC(C)C)c2ccccc2)c1. The molecule has 1 atom stereocenters. The van der Waals surface area contributed by atoms with Crippen LogP contribution in [0.15, 0.2) is 54.6 Å². The molecule has 3 heteroatoms. The van der Waals surface area contributed by atoms with Gasteiger partial charge in [-0.1, -0.05) is 50.2 Å². The van der Waals surface area contributed by atoms with E-state index >= 15 is 0 Å². The third-order valence-electron chi connectivity index (χ3n) is 3.55. The Kier molecular flexibility index (Phi) is 5.59. The smallest absolute Gasteiger partial charge is 0.251 e. The number of rotatable bonds is 6. The van der Waals surface area contributed by atoms with Gasteiger partial charge in [-0.2, -0.15) is 0 Å². The lowest BCUT2D eigenvalue weighted by Crippen LogP contribution is -2.29. The molecule has 1 unspecified atom stereocenters. The van der Waals surface area contributed by atoms with Crippen molar-refractivity contribution >= 4 is 5.91 Å². The van der Waals surface area contributed by atoms with Crippen LogP contribution < -0.4 is 10.1 Å². The molecule has 1 amide bonds. The Morgan fingerprint density at radius 1 is 1.09 bits per heavy atom. The topological polar surface area (TPSA) is 38.3 Å². The summed E-state index contributed by atoms with van der Waals surface area (Å²) in [6.45, 7) is 4.32. The summed E-state index contributed by atoms with van der Waals surface area (Å²) < 4.78 is 5.18. The van der Waals surface area contributed by atoms with E-state index in [1.54, 1.807) is 19.2 Å². The summed E-state index contributed by atoms with van der Waals surface area (Å²) >= 11 is 0. The lowest BCUT2D eigenvalue weighted by molar-refractivity contribution is 0.0931. The molecule has 116 valence electrons. The van der Waals surface area contributed by atoms with Crippen LogP contribution in [0.4, 0.5) is 0 Å². The van der Waals surface area contributed by atoms with Gasteiger partial charge in [-0.05, 0) is 36.1 Å². The second kappa shape index (κ2) is 7.64. The molecule has 0 aliphatic rings. The fraction of sp³-hybridized carbons (Fsp3) is 0.316. The van der Waals surface area contributed by atoms with Gasteiger partial charge in [0.05, 0.1) is 13.2 Å². The molecule has 0 fully saturated rings. The van der Waals surface area contributed by atoms with Crippen molar-refractivity contribution in [3.8, 4) is 5.75 Å². The summed E-state index contributed by atoms with van der Waals surface area (Å²) in [5.74, 6) is 1.11. The fourth-order valence-corrected chi connectivity index (χ4v) is 2.44. The number of amides is 1. The van der Waals surface area contributed by atoms with Crippen LogP contribution >= 0.6 is 0 Å². The number of hydrogen-bond donors (Lipinski definition) is 1. The zero-order chi connectivity index (χ0) is 15.9. The summed E-state index contributed by atoms with van der Waals surface area (Å²) in [5.41, 5.74) is 1.75. The van der Waals surface area contributed by atoms with Crippen LogP contribution in [0.1, 0.15) is 42.2 Å². The minimum Gasteiger partial charge on any atom is -0.497 e. The lowest BCUT2D eigenvalue weighted by Gasteiger charge is -2.21. The van der Waals surface area contributed by atoms with E-state index in [-0.39, 0.29) is 11.9 Å². The molecule has 0 aliphatic heterocycles. The van der Waals surface area contributed by atoms with Crippen LogP contribution in [0.5, 0.6) is 5.75 Å². The summed E-state index contributed by atoms with van der Waals surface area (Å²) in [6.07, 6.45) is 0.903. The molecule has 3 nitrogen and oxygen atoms in total. The number of methoxy groups -OCH3 is 1. The number of ether oxygens (including phenoxy) is 1. The second-order valence-electron chi connectivity index (χ2n) is 5.80. The van der Waals surface area contributed by atoms with Crippen molar-refractivity contribution in [2.24, 2.45) is 5.92 Å². The van der Waals surface area contributed by atoms with Crippen molar-refractivity contribution in [1.82, 2.24) is 5.32 Å². The number of carbonyl (C=O) groups excluding carboxylic acids is 1. The zero-order valence-corrected chi connectivity index (χ0v) is 13.4. The lowest BCUT2D eigenvalue weighted by atomic mass is 9.96. The standard InChI is InChI=1S/C19H23NO2/c1-14(2)12-18(15-8-5-4-6-9-15)20-19(21)16-10-7-11-17(13-16)22-3/h4-11,13-14,18H,12H2,1-3H3,(H,20,21). The van der Waals surface area contributed by atoms with Crippen molar-refractivity contribution < 1.29 is 9.53 Å². The van der Waals surface area contributed by atoms with Crippen molar-refractivity contribution in [2.75, 3.05) is 7.11 Å². The van der Waals surface area contributed by atoms with Gasteiger partial charge in [0.2, 0.25) is 0 Å². The maximum atomic E-state index is 12.5. The minimum absolute atomic E-state index is 0.0138. The number of nitrogens with one attached hydrogen (secondary N) is 1. The molecule has 0 aliphatic carbocycles. The van der Waals surface area contributed by atoms with E-state index in [2.05, 4.69) is 31.3 Å². The molecule has 22 heavy (non-hydrogen) atoms. The Balaban J connectivity index is 2.17. The van der Waals surface area contributed by atoms with E-state index < -0.39 is 0 Å². The van der Waals surface area contributed by atoms with Crippen LogP contribution in [-0.2, 0) is 0 Å². The monoisotopic (exact) mass is 297 g/mol. The Bertz CT molecular complexity index is 608. The molecule has 0 spiro atoms. The molecule has 2 rings (SSSR count). The predicted molar refractivity (Wildman–Crippen MR) is 89.1 cm³/mol. The van der Waals surface area contributed by atoms with Gasteiger partial charge >= 0.3 is 0 Å². The largest absolute Gasteiger partial charge is 0.497 e. The minimum atomic E-state index is -0.0756. The first-order valence-corrected chi connectivity index (χ1v) is 7.60. The summed E-state index contributed by atoms with van der Waals surface area (Å²) in [7, 11) is 1.60. The maximum absolute atomic E-state index is 12.5. The van der Waals surface area contributed by atoms with Gasteiger partial charge in [0.1, 0.15) is 5.75 Å². The average molecular weight is 297 g/mol. The summed E-state index contributed by atoms with van der Waals surface area (Å²) in [5, 5.41) is 3.14. The predicted octanol–water partition coefficient (Wildman–Crippen LogP) is 4.21. The average Bonchev–Trinajstić information content (AvgIpc) is 2.54. The van der Waals surface area contributed by atoms with E-state index in [1.807, 2.05) is 30.3 Å². The van der Waals surface area contributed by atoms with E-state index in [1.165, 1.54) is 0 Å². The molecule has 2 aromatic rings. The van der Waals surface area contributed by atoms with Crippen LogP contribution in [-0.4, -0.2) is 13.0 Å². The molecule has 1 N–H and O–H groups in total. The summed E-state index contributed by atoms with van der Waals surface area (Å²) in [6, 6.07) is 17.3. The quantitative estimate of drug-likeness (QED) is 0.867. The third-order valence-corrected chi connectivity index (χ3v) is 3.55. The van der Waals surface area contributed by atoms with Gasteiger partial charge < -0.3 is 10.1 Å². The third kappa shape index (κ3) is 4.35. The van der Waals surface area contributed by atoms with Gasteiger partial charge in [-0.15, -0.1) is 0 Å². The van der Waals surface area contributed by atoms with Gasteiger partial charge in [0, 0.05) is 5.56 Å². The van der Waals surface area contributed by atoms with Gasteiger partial charge in [-0.3, -0.25) is 4.79 Å². The number of hydrogen-bond acceptors (Lipinski definition) is 2. The van der Waals surface area contributed by atoms with Crippen molar-refractivity contribution in [2.45, 2.75) is 26.3 Å². The van der Waals surface area contributed by atoms with E-state index in [0.717, 1.165) is 12.0 Å². The van der Waals surface area contributed by atoms with E-state index in [0.29, 0.717) is 17.2 Å². The highest BCUT2D eigenvalue weighted by Crippen LogP contribution is 2.22.